The summed E-state index contributed by atoms with van der Waals surface area (Å²) in [4.78, 5) is 24.2. The molecule has 0 aliphatic rings. The van der Waals surface area contributed by atoms with E-state index in [1.165, 1.54) is 17.9 Å². The van der Waals surface area contributed by atoms with E-state index in [-0.39, 0.29) is 18.1 Å². The fraction of sp³-hybridized carbons (Fsp3) is 0.375. The van der Waals surface area contributed by atoms with Crippen LogP contribution in [0.1, 0.15) is 26.7 Å². The molecule has 0 unspecified atom stereocenters. The molecule has 0 aromatic heterocycles. The molecular formula is C16H24O2S2Sn. The standard InChI is InChI=1S/2C5H7.2C3H6OS.Sn/c2*1-3-5-4-2;2*1-2-3(4)5;/h2*3-5H,1-2H2;2*2H2,1H3,(H,4,5);/q;;;;+2/p-2. The number of hydrogen-bond acceptors (Lipinski definition) is 4. The van der Waals surface area contributed by atoms with Crippen LogP contribution in [0.3, 0.4) is 0 Å². The zero-order chi connectivity index (χ0) is 16.5. The van der Waals surface area contributed by atoms with Crippen LogP contribution in [0.2, 0.25) is 7.87 Å². The fourth-order valence-corrected chi connectivity index (χ4v) is 31.8. The molecule has 0 aromatic rings. The van der Waals surface area contributed by atoms with Gasteiger partial charge in [-0.1, -0.05) is 0 Å². The van der Waals surface area contributed by atoms with Gasteiger partial charge in [0, 0.05) is 0 Å². The van der Waals surface area contributed by atoms with Crippen molar-refractivity contribution in [2.75, 3.05) is 0 Å². The summed E-state index contributed by atoms with van der Waals surface area (Å²) < 4.78 is -0.0254. The van der Waals surface area contributed by atoms with Gasteiger partial charge in [0.15, 0.2) is 0 Å². The van der Waals surface area contributed by atoms with Crippen molar-refractivity contribution in [2.45, 2.75) is 34.6 Å². The molecule has 0 saturated carbocycles. The Labute approximate surface area is 138 Å². The maximum atomic E-state index is 12.1. The minimum absolute atomic E-state index is 0.0127. The molecule has 0 saturated heterocycles. The Hall–Kier alpha value is -0.201. The zero-order valence-electron chi connectivity index (χ0n) is 12.8. The molecular weight excluding hydrogens is 407 g/mol. The Bertz CT molecular complexity index is 376. The minimum atomic E-state index is -3.48. The first-order valence-electron chi connectivity index (χ1n) is 6.89. The molecule has 21 heavy (non-hydrogen) atoms. The average Bonchev–Trinajstić information content (AvgIpc) is 2.49. The van der Waals surface area contributed by atoms with Crippen molar-refractivity contribution in [3.63, 3.8) is 0 Å². The summed E-state index contributed by atoms with van der Waals surface area (Å²) in [7, 11) is 2.76. The number of rotatable bonds is 10. The zero-order valence-corrected chi connectivity index (χ0v) is 17.3. The van der Waals surface area contributed by atoms with Crippen molar-refractivity contribution in [3.05, 3.63) is 50.6 Å². The van der Waals surface area contributed by atoms with E-state index < -0.39 is 15.6 Å². The van der Waals surface area contributed by atoms with Gasteiger partial charge in [0.05, 0.1) is 0 Å². The van der Waals surface area contributed by atoms with Crippen LogP contribution >= 0.6 is 17.9 Å². The molecule has 0 aliphatic heterocycles. The number of hydrogen-bond donors (Lipinski definition) is 0. The van der Waals surface area contributed by atoms with Crippen LogP contribution in [0.15, 0.2) is 50.6 Å². The van der Waals surface area contributed by atoms with Gasteiger partial charge in [-0.15, -0.1) is 0 Å². The Morgan fingerprint density at radius 2 is 1.14 bits per heavy atom. The molecule has 116 valence electrons. The first kappa shape index (κ1) is 20.8. The Morgan fingerprint density at radius 1 is 0.857 bits per heavy atom. The van der Waals surface area contributed by atoms with Crippen LogP contribution in [0.5, 0.6) is 0 Å². The van der Waals surface area contributed by atoms with Crippen molar-refractivity contribution in [2.24, 2.45) is 0 Å². The van der Waals surface area contributed by atoms with E-state index in [1.54, 1.807) is 0 Å². The van der Waals surface area contributed by atoms with E-state index in [0.29, 0.717) is 12.8 Å². The van der Waals surface area contributed by atoms with Gasteiger partial charge in [-0.2, -0.15) is 0 Å². The van der Waals surface area contributed by atoms with Gasteiger partial charge >= 0.3 is 138 Å². The van der Waals surface area contributed by atoms with Crippen LogP contribution < -0.4 is 0 Å². The molecule has 0 rings (SSSR count). The van der Waals surface area contributed by atoms with Crippen molar-refractivity contribution >= 4 is 43.7 Å². The van der Waals surface area contributed by atoms with E-state index >= 15 is 0 Å². The van der Waals surface area contributed by atoms with Crippen LogP contribution in [-0.2, 0) is 9.59 Å². The third-order valence-electron chi connectivity index (χ3n) is 3.07. The van der Waals surface area contributed by atoms with Crippen LogP contribution in [0, 0.1) is 0 Å². The predicted octanol–water partition coefficient (Wildman–Crippen LogP) is 5.25. The van der Waals surface area contributed by atoms with Crippen LogP contribution in [0.4, 0.5) is 0 Å². The summed E-state index contributed by atoms with van der Waals surface area (Å²) >= 11 is -3.48. The number of allylic oxidation sites excluding steroid dienone is 4. The Balaban J connectivity index is 6.00. The molecule has 5 heteroatoms. The monoisotopic (exact) mass is 432 g/mol. The summed E-state index contributed by atoms with van der Waals surface area (Å²) in [6.07, 6.45) is 8.16. The number of carbonyl (C=O) groups excluding carboxylic acids is 2. The van der Waals surface area contributed by atoms with Crippen molar-refractivity contribution in [1.82, 2.24) is 0 Å². The molecule has 0 amide bonds. The molecule has 0 spiro atoms. The van der Waals surface area contributed by atoms with Crippen molar-refractivity contribution in [3.8, 4) is 0 Å². The molecule has 0 fully saturated rings. The van der Waals surface area contributed by atoms with E-state index in [2.05, 4.69) is 26.3 Å². The van der Waals surface area contributed by atoms with Crippen molar-refractivity contribution in [1.29, 1.82) is 0 Å². The Morgan fingerprint density at radius 3 is 1.33 bits per heavy atom. The van der Waals surface area contributed by atoms with Crippen molar-refractivity contribution < 1.29 is 9.59 Å². The first-order valence-corrected chi connectivity index (χ1v) is 18.8. The Kier molecular flexibility index (Phi) is 10.4. The van der Waals surface area contributed by atoms with Crippen LogP contribution in [0.25, 0.3) is 0 Å². The van der Waals surface area contributed by atoms with Gasteiger partial charge in [0.1, 0.15) is 0 Å². The summed E-state index contributed by atoms with van der Waals surface area (Å²) in [6, 6.07) is 0. The fourth-order valence-electron chi connectivity index (χ4n) is 1.86. The summed E-state index contributed by atoms with van der Waals surface area (Å²) in [5.41, 5.74) is 0. The molecule has 0 aliphatic carbocycles. The third kappa shape index (κ3) is 5.49. The van der Waals surface area contributed by atoms with Gasteiger partial charge in [-0.05, 0) is 0 Å². The maximum absolute atomic E-state index is 12.1. The third-order valence-corrected chi connectivity index (χ3v) is 32.8. The first-order chi connectivity index (χ1) is 9.95. The van der Waals surface area contributed by atoms with Gasteiger partial charge in [-0.3, -0.25) is 0 Å². The molecule has 0 radical (unpaired) electrons. The molecule has 0 N–H and O–H groups in total. The molecule has 0 heterocycles. The van der Waals surface area contributed by atoms with Crippen LogP contribution in [-0.4, -0.2) is 25.8 Å². The molecule has 0 bridgehead atoms. The molecule has 0 aromatic carbocycles. The SMILES string of the molecule is C=C[CH](C=C)[Sn]([S]C(=O)CC)([S]C(=O)CC)[CH](C=C)C=C. The summed E-state index contributed by atoms with van der Waals surface area (Å²) in [6.45, 7) is 19.2. The second-order valence-corrected chi connectivity index (χ2v) is 27.9. The van der Waals surface area contributed by atoms with Gasteiger partial charge in [-0.25, -0.2) is 0 Å². The predicted molar refractivity (Wildman–Crippen MR) is 99.8 cm³/mol. The summed E-state index contributed by atoms with van der Waals surface area (Å²) in [5, 5.41) is 0.231. The second kappa shape index (κ2) is 10.5. The summed E-state index contributed by atoms with van der Waals surface area (Å²) in [5.74, 6) is 0. The second-order valence-electron chi connectivity index (χ2n) is 4.37. The van der Waals surface area contributed by atoms with Gasteiger partial charge in [0.25, 0.3) is 0 Å². The number of carbonyl (C=O) groups is 2. The quantitative estimate of drug-likeness (QED) is 0.350. The van der Waals surface area contributed by atoms with Gasteiger partial charge < -0.3 is 0 Å². The van der Waals surface area contributed by atoms with E-state index in [4.69, 9.17) is 0 Å². The topological polar surface area (TPSA) is 34.1 Å². The van der Waals surface area contributed by atoms with E-state index in [9.17, 15) is 9.59 Å². The average molecular weight is 431 g/mol. The van der Waals surface area contributed by atoms with E-state index in [1.807, 2.05) is 38.2 Å². The van der Waals surface area contributed by atoms with Gasteiger partial charge in [0.2, 0.25) is 0 Å². The molecule has 0 atom stereocenters. The molecule has 2 nitrogen and oxygen atoms in total. The van der Waals surface area contributed by atoms with E-state index in [0.717, 1.165) is 0 Å². The normalized spacial score (nSPS) is 11.2.